The quantitative estimate of drug-likeness (QED) is 0.207. The highest BCUT2D eigenvalue weighted by Crippen LogP contribution is 2.36. The Labute approximate surface area is 235 Å². The fourth-order valence-electron chi connectivity index (χ4n) is 4.40. The van der Waals surface area contributed by atoms with E-state index in [1.807, 2.05) is 66.7 Å². The third-order valence-corrected chi connectivity index (χ3v) is 7.90. The summed E-state index contributed by atoms with van der Waals surface area (Å²) >= 11 is 7.74. The number of ether oxygens (including phenoxy) is 1. The summed E-state index contributed by atoms with van der Waals surface area (Å²) in [6, 6.07) is 25.7. The second-order valence-corrected chi connectivity index (χ2v) is 10.8. The zero-order chi connectivity index (χ0) is 27.0. The highest BCUT2D eigenvalue weighted by molar-refractivity contribution is 7.99. The standard InChI is InChI=1S/C30H27ClN4O3S/c31-23-11-8-21-9-12-24(34-27(21)17-23)18-38-25-6-3-5-22(16-25)28(39-15-14-29(36)37)13-10-20-4-1-2-7-26(20)30-32-19-33-35-30/h1-9,11-12,16-17,19,28H,10,13-15,18H2,(H,36,37)(H,32,33,35)/p-1. The van der Waals surface area contributed by atoms with Crippen LogP contribution in [0.2, 0.25) is 5.02 Å². The number of halogens is 1. The van der Waals surface area contributed by atoms with Crippen molar-refractivity contribution in [1.82, 2.24) is 20.2 Å². The predicted octanol–water partition coefficient (Wildman–Crippen LogP) is 5.80. The molecule has 0 amide bonds. The first kappa shape index (κ1) is 26.7. The average molecular weight is 558 g/mol. The molecule has 0 aliphatic heterocycles. The van der Waals surface area contributed by atoms with Crippen molar-refractivity contribution in [2.24, 2.45) is 0 Å². The van der Waals surface area contributed by atoms with Crippen LogP contribution in [0.25, 0.3) is 22.3 Å². The molecule has 0 bridgehead atoms. The van der Waals surface area contributed by atoms with Gasteiger partial charge in [0, 0.05) is 27.2 Å². The van der Waals surface area contributed by atoms with E-state index in [4.69, 9.17) is 16.3 Å². The molecule has 39 heavy (non-hydrogen) atoms. The Kier molecular flexibility index (Phi) is 8.75. The van der Waals surface area contributed by atoms with Gasteiger partial charge in [-0.1, -0.05) is 60.1 Å². The van der Waals surface area contributed by atoms with Gasteiger partial charge in [-0.3, -0.25) is 5.10 Å². The van der Waals surface area contributed by atoms with Crippen LogP contribution in [0.15, 0.2) is 85.2 Å². The fraction of sp³-hybridized carbons (Fsp3) is 0.200. The third-order valence-electron chi connectivity index (χ3n) is 6.32. The number of hydrogen-bond acceptors (Lipinski definition) is 7. The van der Waals surface area contributed by atoms with Crippen molar-refractivity contribution in [3.8, 4) is 17.1 Å². The van der Waals surface area contributed by atoms with Crippen LogP contribution in [0.3, 0.4) is 0 Å². The van der Waals surface area contributed by atoms with Crippen LogP contribution in [0.5, 0.6) is 5.75 Å². The van der Waals surface area contributed by atoms with Gasteiger partial charge in [-0.05, 0) is 66.5 Å². The number of carboxylic acids is 1. The molecular formula is C30H26ClN4O3S-. The Morgan fingerprint density at radius 1 is 1.05 bits per heavy atom. The number of H-pyrrole nitrogens is 1. The molecule has 1 unspecified atom stereocenters. The van der Waals surface area contributed by atoms with Crippen LogP contribution >= 0.6 is 23.4 Å². The van der Waals surface area contributed by atoms with Crippen LogP contribution in [-0.2, 0) is 17.8 Å². The molecule has 1 atom stereocenters. The summed E-state index contributed by atoms with van der Waals surface area (Å²) < 4.78 is 6.11. The van der Waals surface area contributed by atoms with Crippen molar-refractivity contribution < 1.29 is 14.6 Å². The van der Waals surface area contributed by atoms with Crippen LogP contribution in [-0.4, -0.2) is 31.9 Å². The molecule has 0 fully saturated rings. The lowest BCUT2D eigenvalue weighted by Gasteiger charge is -2.19. The van der Waals surface area contributed by atoms with Gasteiger partial charge in [0.1, 0.15) is 18.7 Å². The summed E-state index contributed by atoms with van der Waals surface area (Å²) in [5.74, 6) is 0.878. The minimum Gasteiger partial charge on any atom is -0.550 e. The van der Waals surface area contributed by atoms with Gasteiger partial charge in [0.2, 0.25) is 0 Å². The van der Waals surface area contributed by atoms with E-state index in [2.05, 4.69) is 32.3 Å². The number of fused-ring (bicyclic) bond motifs is 1. The van der Waals surface area contributed by atoms with Gasteiger partial charge in [-0.25, -0.2) is 9.97 Å². The number of aromatic nitrogens is 4. The monoisotopic (exact) mass is 557 g/mol. The molecule has 0 aliphatic carbocycles. The minimum atomic E-state index is -1.04. The van der Waals surface area contributed by atoms with Gasteiger partial charge in [0.25, 0.3) is 0 Å². The lowest BCUT2D eigenvalue weighted by molar-refractivity contribution is -0.305. The number of rotatable bonds is 12. The van der Waals surface area contributed by atoms with Crippen molar-refractivity contribution in [3.05, 3.63) is 107 Å². The molecule has 9 heteroatoms. The lowest BCUT2D eigenvalue weighted by atomic mass is 9.99. The zero-order valence-corrected chi connectivity index (χ0v) is 22.6. The molecule has 5 rings (SSSR count). The topological polar surface area (TPSA) is 104 Å². The van der Waals surface area contributed by atoms with Gasteiger partial charge >= 0.3 is 0 Å². The Balaban J connectivity index is 1.31. The Hall–Kier alpha value is -3.88. The van der Waals surface area contributed by atoms with E-state index >= 15 is 0 Å². The van der Waals surface area contributed by atoms with E-state index in [1.165, 1.54) is 6.33 Å². The largest absolute Gasteiger partial charge is 0.550 e. The first-order valence-electron chi connectivity index (χ1n) is 12.6. The summed E-state index contributed by atoms with van der Waals surface area (Å²) in [5, 5.41) is 19.7. The molecule has 2 aromatic heterocycles. The summed E-state index contributed by atoms with van der Waals surface area (Å²) in [6.07, 6.45) is 3.09. The van der Waals surface area contributed by atoms with Gasteiger partial charge in [-0.2, -0.15) is 16.9 Å². The molecule has 5 aromatic rings. The summed E-state index contributed by atoms with van der Waals surface area (Å²) in [5.41, 5.74) is 4.86. The SMILES string of the molecule is O=C([O-])CCSC(CCc1ccccc1-c1ncn[nH]1)c1cccc(OCc2ccc3ccc(Cl)cc3n2)c1. The Bertz CT molecular complexity index is 1560. The average Bonchev–Trinajstić information content (AvgIpc) is 3.49. The van der Waals surface area contributed by atoms with Crippen molar-refractivity contribution in [1.29, 1.82) is 0 Å². The molecule has 0 spiro atoms. The van der Waals surface area contributed by atoms with Crippen molar-refractivity contribution in [3.63, 3.8) is 0 Å². The number of nitrogens with one attached hydrogen (secondary N) is 1. The molecule has 1 N–H and O–H groups in total. The molecule has 0 aliphatic rings. The summed E-state index contributed by atoms with van der Waals surface area (Å²) in [7, 11) is 0. The zero-order valence-electron chi connectivity index (χ0n) is 21.0. The summed E-state index contributed by atoms with van der Waals surface area (Å²) in [6.45, 7) is 0.318. The first-order chi connectivity index (χ1) is 19.0. The van der Waals surface area contributed by atoms with Crippen LogP contribution in [0, 0.1) is 0 Å². The maximum absolute atomic E-state index is 11.1. The number of thioether (sulfide) groups is 1. The highest BCUT2D eigenvalue weighted by atomic mass is 35.5. The molecular weight excluding hydrogens is 532 g/mol. The van der Waals surface area contributed by atoms with Crippen LogP contribution in [0.1, 0.15) is 34.9 Å². The van der Waals surface area contributed by atoms with E-state index in [1.54, 1.807) is 11.8 Å². The van der Waals surface area contributed by atoms with Crippen LogP contribution in [0.4, 0.5) is 0 Å². The minimum absolute atomic E-state index is 0.00363. The number of aryl methyl sites for hydroxylation is 1. The number of nitrogens with zero attached hydrogens (tertiary/aromatic N) is 3. The van der Waals surface area contributed by atoms with E-state index in [9.17, 15) is 9.90 Å². The van der Waals surface area contributed by atoms with Gasteiger partial charge in [0.05, 0.1) is 11.2 Å². The Morgan fingerprint density at radius 3 is 2.77 bits per heavy atom. The number of aromatic amines is 1. The fourth-order valence-corrected chi connectivity index (χ4v) is 5.76. The molecule has 0 radical (unpaired) electrons. The van der Waals surface area contributed by atoms with Crippen molar-refractivity contribution in [2.45, 2.75) is 31.1 Å². The highest BCUT2D eigenvalue weighted by Gasteiger charge is 2.16. The van der Waals surface area contributed by atoms with Gasteiger partial charge in [0.15, 0.2) is 5.82 Å². The smallest absolute Gasteiger partial charge is 0.155 e. The molecule has 7 nitrogen and oxygen atoms in total. The maximum atomic E-state index is 11.1. The van der Waals surface area contributed by atoms with Crippen molar-refractivity contribution in [2.75, 3.05) is 5.75 Å². The van der Waals surface area contributed by atoms with Crippen molar-refractivity contribution >= 4 is 40.2 Å². The number of aliphatic carboxylic acids is 1. The predicted molar refractivity (Wildman–Crippen MR) is 152 cm³/mol. The summed E-state index contributed by atoms with van der Waals surface area (Å²) in [4.78, 5) is 20.1. The number of carbonyl (C=O) groups is 1. The van der Waals surface area contributed by atoms with E-state index in [0.29, 0.717) is 17.4 Å². The van der Waals surface area contributed by atoms with E-state index < -0.39 is 5.97 Å². The number of pyridine rings is 1. The maximum Gasteiger partial charge on any atom is 0.155 e. The first-order valence-corrected chi connectivity index (χ1v) is 14.0. The van der Waals surface area contributed by atoms with E-state index in [0.717, 1.165) is 57.7 Å². The van der Waals surface area contributed by atoms with Gasteiger partial charge < -0.3 is 14.6 Å². The number of hydrogen-bond donors (Lipinski definition) is 1. The second-order valence-electron chi connectivity index (χ2n) is 9.01. The lowest BCUT2D eigenvalue weighted by Crippen LogP contribution is -2.22. The number of benzene rings is 3. The third kappa shape index (κ3) is 7.16. The second kappa shape index (κ2) is 12.8. The Morgan fingerprint density at radius 2 is 1.92 bits per heavy atom. The molecule has 3 aromatic carbocycles. The molecule has 0 saturated heterocycles. The van der Waals surface area contributed by atoms with Crippen LogP contribution < -0.4 is 9.84 Å². The number of carboxylic acid groups (broad SMARTS) is 1. The molecule has 198 valence electrons. The van der Waals surface area contributed by atoms with E-state index in [-0.39, 0.29) is 11.7 Å². The molecule has 0 saturated carbocycles. The number of carbonyl (C=O) groups excluding carboxylic acids is 1. The normalized spacial score (nSPS) is 11.9. The molecule has 2 heterocycles. The van der Waals surface area contributed by atoms with Gasteiger partial charge in [-0.15, -0.1) is 0 Å².